The van der Waals surface area contributed by atoms with Crippen molar-refractivity contribution in [1.82, 2.24) is 15.1 Å². The number of hydrogen-bond acceptors (Lipinski definition) is 3. The van der Waals surface area contributed by atoms with Gasteiger partial charge in [-0.3, -0.25) is 10.00 Å². The molecule has 1 aliphatic heterocycles. The van der Waals surface area contributed by atoms with Crippen LogP contribution in [0.4, 0.5) is 0 Å². The topological polar surface area (TPSA) is 41.1 Å². The van der Waals surface area contributed by atoms with E-state index < -0.39 is 0 Å². The van der Waals surface area contributed by atoms with Crippen LogP contribution in [0.5, 0.6) is 5.75 Å². The van der Waals surface area contributed by atoms with Crippen molar-refractivity contribution in [3.63, 3.8) is 0 Å². The van der Waals surface area contributed by atoms with E-state index in [1.807, 2.05) is 12.3 Å². The Morgan fingerprint density at radius 1 is 1.15 bits per heavy atom. The molecule has 2 atom stereocenters. The maximum absolute atomic E-state index is 5.33. The van der Waals surface area contributed by atoms with Crippen molar-refractivity contribution in [2.24, 2.45) is 5.92 Å². The lowest BCUT2D eigenvalue weighted by atomic mass is 9.90. The van der Waals surface area contributed by atoms with Crippen LogP contribution in [0.15, 0.2) is 42.6 Å². The molecule has 2 fully saturated rings. The van der Waals surface area contributed by atoms with Crippen LogP contribution in [0.1, 0.15) is 31.2 Å². The smallest absolute Gasteiger partial charge is 0.119 e. The Morgan fingerprint density at radius 3 is 2.92 bits per heavy atom. The Kier molecular flexibility index (Phi) is 3.93. The molecule has 26 heavy (non-hydrogen) atoms. The van der Waals surface area contributed by atoms with Gasteiger partial charge in [0, 0.05) is 30.3 Å². The average Bonchev–Trinajstić information content (AvgIpc) is 3.25. The van der Waals surface area contributed by atoms with E-state index in [9.17, 15) is 0 Å². The molecule has 2 heterocycles. The molecule has 5 rings (SSSR count). The average molecular weight is 347 g/mol. The number of fused-ring (bicyclic) bond motifs is 3. The van der Waals surface area contributed by atoms with E-state index in [0.717, 1.165) is 29.9 Å². The third kappa shape index (κ3) is 2.78. The fraction of sp³-hybridized carbons (Fsp3) is 0.409. The number of rotatable bonds is 4. The number of H-pyrrole nitrogens is 1. The molecule has 0 spiro atoms. The number of methoxy groups -OCH3 is 1. The predicted molar refractivity (Wildman–Crippen MR) is 104 cm³/mol. The molecule has 2 aliphatic rings. The molecule has 1 saturated heterocycles. The maximum Gasteiger partial charge on any atom is 0.119 e. The minimum Gasteiger partial charge on any atom is -0.497 e. The second-order valence-corrected chi connectivity index (χ2v) is 7.81. The van der Waals surface area contributed by atoms with Crippen molar-refractivity contribution in [2.75, 3.05) is 13.7 Å². The summed E-state index contributed by atoms with van der Waals surface area (Å²) >= 11 is 0. The molecule has 2 aromatic carbocycles. The molecule has 4 nitrogen and oxygen atoms in total. The van der Waals surface area contributed by atoms with Gasteiger partial charge in [0.1, 0.15) is 5.75 Å². The Bertz CT molecular complexity index is 932. The molecule has 0 unspecified atom stereocenters. The zero-order chi connectivity index (χ0) is 17.5. The third-order valence-corrected chi connectivity index (χ3v) is 6.19. The Labute approximate surface area is 154 Å². The number of nitrogens with zero attached hydrogens (tertiary/aromatic N) is 2. The van der Waals surface area contributed by atoms with Gasteiger partial charge in [-0.1, -0.05) is 24.6 Å². The summed E-state index contributed by atoms with van der Waals surface area (Å²) in [4.78, 5) is 2.68. The van der Waals surface area contributed by atoms with Crippen LogP contribution >= 0.6 is 0 Å². The summed E-state index contributed by atoms with van der Waals surface area (Å²) in [7, 11) is 1.71. The van der Waals surface area contributed by atoms with E-state index in [2.05, 4.69) is 45.4 Å². The molecule has 0 amide bonds. The highest BCUT2D eigenvalue weighted by atomic mass is 16.5. The van der Waals surface area contributed by atoms with Gasteiger partial charge in [0.05, 0.1) is 19.0 Å². The van der Waals surface area contributed by atoms with E-state index in [1.165, 1.54) is 54.1 Å². The van der Waals surface area contributed by atoms with E-state index >= 15 is 0 Å². The number of likely N-dealkylation sites (tertiary alicyclic amines) is 1. The van der Waals surface area contributed by atoms with E-state index in [0.29, 0.717) is 0 Å². The van der Waals surface area contributed by atoms with Crippen LogP contribution in [-0.4, -0.2) is 34.8 Å². The number of nitrogens with one attached hydrogen (secondary N) is 1. The molecule has 1 aromatic heterocycles. The molecular weight excluding hydrogens is 322 g/mol. The number of benzene rings is 2. The van der Waals surface area contributed by atoms with Gasteiger partial charge in [0.15, 0.2) is 0 Å². The summed E-state index contributed by atoms with van der Waals surface area (Å²) in [6.45, 7) is 2.26. The first-order chi connectivity index (χ1) is 12.8. The van der Waals surface area contributed by atoms with Gasteiger partial charge in [-0.2, -0.15) is 5.10 Å². The molecule has 0 radical (unpaired) electrons. The van der Waals surface area contributed by atoms with Gasteiger partial charge in [0.25, 0.3) is 0 Å². The quantitative estimate of drug-likeness (QED) is 0.749. The standard InChI is InChI=1S/C22H25N3O/c1-26-21-8-7-16-10-18(6-5-17(16)11-21)22-19(12-23-24-22)14-25-13-15-3-2-4-20(25)9-15/h5-8,10-12,15,20H,2-4,9,13-14H2,1H3,(H,23,24)/t15-,20+/m0/s1. The highest BCUT2D eigenvalue weighted by molar-refractivity contribution is 5.88. The summed E-state index contributed by atoms with van der Waals surface area (Å²) in [6.07, 6.45) is 7.58. The molecule has 4 heteroatoms. The summed E-state index contributed by atoms with van der Waals surface area (Å²) < 4.78 is 5.33. The molecule has 1 aliphatic carbocycles. The van der Waals surface area contributed by atoms with E-state index in [1.54, 1.807) is 7.11 Å². The minimum atomic E-state index is 0.778. The van der Waals surface area contributed by atoms with Crippen LogP contribution in [0.2, 0.25) is 0 Å². The predicted octanol–water partition coefficient (Wildman–Crippen LogP) is 4.61. The zero-order valence-electron chi connectivity index (χ0n) is 15.2. The number of aromatic nitrogens is 2. The lowest BCUT2D eigenvalue weighted by Gasteiger charge is -2.24. The van der Waals surface area contributed by atoms with Crippen molar-refractivity contribution in [3.05, 3.63) is 48.2 Å². The van der Waals surface area contributed by atoms with Crippen LogP contribution in [0, 0.1) is 5.92 Å². The van der Waals surface area contributed by atoms with Crippen LogP contribution in [0.3, 0.4) is 0 Å². The van der Waals surface area contributed by atoms with Gasteiger partial charge in [0.2, 0.25) is 0 Å². The molecule has 1 N–H and O–H groups in total. The SMILES string of the molecule is COc1ccc2cc(-c3[nH]ncc3CN3C[C@H]4CCC[C@@H]3C4)ccc2c1. The third-order valence-electron chi connectivity index (χ3n) is 6.19. The Hall–Kier alpha value is -2.33. The fourth-order valence-electron chi connectivity index (χ4n) is 4.84. The second kappa shape index (κ2) is 6.44. The summed E-state index contributed by atoms with van der Waals surface area (Å²) in [5.41, 5.74) is 3.67. The van der Waals surface area contributed by atoms with E-state index in [-0.39, 0.29) is 0 Å². The van der Waals surface area contributed by atoms with Crippen molar-refractivity contribution >= 4 is 10.8 Å². The molecule has 134 valence electrons. The Balaban J connectivity index is 1.44. The first-order valence-corrected chi connectivity index (χ1v) is 9.64. The molecular formula is C22H25N3O. The molecule has 3 aromatic rings. The van der Waals surface area contributed by atoms with Crippen molar-refractivity contribution in [1.29, 1.82) is 0 Å². The lowest BCUT2D eigenvalue weighted by molar-refractivity contribution is 0.237. The largest absolute Gasteiger partial charge is 0.497 e. The van der Waals surface area contributed by atoms with Gasteiger partial charge in [-0.15, -0.1) is 0 Å². The van der Waals surface area contributed by atoms with Crippen LogP contribution in [0.25, 0.3) is 22.0 Å². The summed E-state index contributed by atoms with van der Waals surface area (Å²) in [5, 5.41) is 10.0. The normalized spacial score (nSPS) is 22.8. The van der Waals surface area contributed by atoms with E-state index in [4.69, 9.17) is 4.74 Å². The lowest BCUT2D eigenvalue weighted by Crippen LogP contribution is -2.28. The van der Waals surface area contributed by atoms with Crippen molar-refractivity contribution in [3.8, 4) is 17.0 Å². The van der Waals surface area contributed by atoms with Gasteiger partial charge < -0.3 is 4.74 Å². The Morgan fingerprint density at radius 2 is 2.04 bits per heavy atom. The zero-order valence-corrected chi connectivity index (χ0v) is 15.2. The van der Waals surface area contributed by atoms with Crippen molar-refractivity contribution < 1.29 is 4.74 Å². The van der Waals surface area contributed by atoms with Crippen molar-refractivity contribution in [2.45, 2.75) is 38.3 Å². The monoisotopic (exact) mass is 347 g/mol. The highest BCUT2D eigenvalue weighted by Crippen LogP contribution is 2.37. The molecule has 1 saturated carbocycles. The second-order valence-electron chi connectivity index (χ2n) is 7.81. The summed E-state index contributed by atoms with van der Waals surface area (Å²) in [6, 6.07) is 13.6. The first-order valence-electron chi connectivity index (χ1n) is 9.64. The number of aromatic amines is 1. The first kappa shape index (κ1) is 15.9. The molecule has 2 bridgehead atoms. The van der Waals surface area contributed by atoms with Gasteiger partial charge >= 0.3 is 0 Å². The number of hydrogen-bond donors (Lipinski definition) is 1. The summed E-state index contributed by atoms with van der Waals surface area (Å²) in [5.74, 6) is 1.81. The van der Waals surface area contributed by atoms with Crippen LogP contribution in [-0.2, 0) is 6.54 Å². The van der Waals surface area contributed by atoms with Crippen LogP contribution < -0.4 is 4.74 Å². The van der Waals surface area contributed by atoms with Gasteiger partial charge in [-0.25, -0.2) is 0 Å². The van der Waals surface area contributed by atoms with Gasteiger partial charge in [-0.05, 0) is 54.2 Å². The fourth-order valence-corrected chi connectivity index (χ4v) is 4.84. The number of ether oxygens (including phenoxy) is 1. The maximum atomic E-state index is 5.33. The minimum absolute atomic E-state index is 0.778. The highest BCUT2D eigenvalue weighted by Gasteiger charge is 2.35.